The Bertz CT molecular complexity index is 452. The van der Waals surface area contributed by atoms with Gasteiger partial charge in [0.15, 0.2) is 0 Å². The second-order valence-corrected chi connectivity index (χ2v) is 6.37. The van der Waals surface area contributed by atoms with Crippen LogP contribution in [-0.4, -0.2) is 18.3 Å². The van der Waals surface area contributed by atoms with Gasteiger partial charge in [0.1, 0.15) is 0 Å². The maximum absolute atomic E-state index is 12.0. The molecule has 1 aromatic carbocycles. The molecular weight excluding hydrogens is 270 g/mol. The zero-order chi connectivity index (χ0) is 14.4. The summed E-state index contributed by atoms with van der Waals surface area (Å²) in [5.74, 6) is 0.799. The minimum atomic E-state index is 0.142. The van der Waals surface area contributed by atoms with Crippen molar-refractivity contribution in [2.24, 2.45) is 5.41 Å². The van der Waals surface area contributed by atoms with E-state index in [-0.39, 0.29) is 11.3 Å². The molecule has 1 aliphatic carbocycles. The van der Waals surface area contributed by atoms with Crippen LogP contribution in [0.2, 0.25) is 0 Å². The molecule has 2 rings (SSSR count). The Hall–Kier alpha value is -1.02. The largest absolute Gasteiger partial charge is 0.355 e. The Morgan fingerprint density at radius 2 is 2.10 bits per heavy atom. The molecule has 3 heteroatoms. The molecule has 1 aliphatic rings. The second kappa shape index (κ2) is 7.12. The van der Waals surface area contributed by atoms with Crippen molar-refractivity contribution in [2.45, 2.75) is 45.4 Å². The average Bonchev–Trinajstić information content (AvgIpc) is 2.92. The summed E-state index contributed by atoms with van der Waals surface area (Å²) in [6.45, 7) is 2.82. The minimum Gasteiger partial charge on any atom is -0.355 e. The normalized spacial score (nSPS) is 17.1. The maximum atomic E-state index is 12.0. The fraction of sp³-hybridized carbons (Fsp3) is 0.588. The van der Waals surface area contributed by atoms with Crippen LogP contribution in [0.4, 0.5) is 0 Å². The van der Waals surface area contributed by atoms with Crippen LogP contribution in [0.1, 0.15) is 43.2 Å². The number of amides is 1. The van der Waals surface area contributed by atoms with Crippen molar-refractivity contribution < 1.29 is 4.79 Å². The predicted octanol–water partition coefficient (Wildman–Crippen LogP) is 3.84. The molecule has 0 atom stereocenters. The molecule has 0 unspecified atom stereocenters. The monoisotopic (exact) mass is 293 g/mol. The van der Waals surface area contributed by atoms with Crippen molar-refractivity contribution in [3.05, 3.63) is 35.4 Å². The lowest BCUT2D eigenvalue weighted by Gasteiger charge is -2.26. The molecule has 0 saturated heterocycles. The number of nitrogens with one attached hydrogen (secondary N) is 1. The van der Waals surface area contributed by atoms with Crippen LogP contribution in [0.5, 0.6) is 0 Å². The topological polar surface area (TPSA) is 29.1 Å². The summed E-state index contributed by atoms with van der Waals surface area (Å²) in [6, 6.07) is 8.35. The first-order valence-corrected chi connectivity index (χ1v) is 8.05. The first-order chi connectivity index (χ1) is 9.63. The standard InChI is InChI=1S/C17H24ClNO/c1-14-5-4-6-15(11-14)7-8-16(20)19-13-17(12-18)9-2-3-10-17/h4-6,11H,2-3,7-10,12-13H2,1H3,(H,19,20). The molecule has 20 heavy (non-hydrogen) atoms. The van der Waals surface area contributed by atoms with Crippen LogP contribution >= 0.6 is 11.6 Å². The van der Waals surface area contributed by atoms with E-state index in [9.17, 15) is 4.79 Å². The molecule has 0 bridgehead atoms. The zero-order valence-corrected chi connectivity index (χ0v) is 13.0. The van der Waals surface area contributed by atoms with E-state index >= 15 is 0 Å². The highest BCUT2D eigenvalue weighted by Gasteiger charge is 2.33. The Kier molecular flexibility index (Phi) is 5.47. The van der Waals surface area contributed by atoms with E-state index in [0.717, 1.165) is 25.8 Å². The highest BCUT2D eigenvalue weighted by Crippen LogP contribution is 2.38. The highest BCUT2D eigenvalue weighted by atomic mass is 35.5. The summed E-state index contributed by atoms with van der Waals surface area (Å²) in [4.78, 5) is 12.0. The maximum Gasteiger partial charge on any atom is 0.220 e. The van der Waals surface area contributed by atoms with Crippen LogP contribution in [0.3, 0.4) is 0 Å². The van der Waals surface area contributed by atoms with E-state index in [0.29, 0.717) is 12.3 Å². The summed E-state index contributed by atoms with van der Waals surface area (Å²) in [5.41, 5.74) is 2.63. The fourth-order valence-electron chi connectivity index (χ4n) is 2.98. The lowest BCUT2D eigenvalue weighted by Crippen LogP contribution is -2.37. The molecule has 1 fully saturated rings. The zero-order valence-electron chi connectivity index (χ0n) is 12.3. The first-order valence-electron chi connectivity index (χ1n) is 7.52. The number of benzene rings is 1. The van der Waals surface area contributed by atoms with Crippen molar-refractivity contribution in [3.63, 3.8) is 0 Å². The molecule has 0 aliphatic heterocycles. The third-order valence-electron chi connectivity index (χ3n) is 4.33. The van der Waals surface area contributed by atoms with Gasteiger partial charge >= 0.3 is 0 Å². The fourth-order valence-corrected chi connectivity index (χ4v) is 3.34. The van der Waals surface area contributed by atoms with Crippen LogP contribution < -0.4 is 5.32 Å². The molecule has 1 saturated carbocycles. The molecule has 0 aromatic heterocycles. The summed E-state index contributed by atoms with van der Waals surface area (Å²) < 4.78 is 0. The van der Waals surface area contributed by atoms with Crippen molar-refractivity contribution in [2.75, 3.05) is 12.4 Å². The van der Waals surface area contributed by atoms with Crippen molar-refractivity contribution in [1.29, 1.82) is 0 Å². The average molecular weight is 294 g/mol. The number of hydrogen-bond donors (Lipinski definition) is 1. The molecule has 1 aromatic rings. The Balaban J connectivity index is 1.75. The molecule has 0 spiro atoms. The van der Waals surface area contributed by atoms with Gasteiger partial charge in [-0.2, -0.15) is 0 Å². The van der Waals surface area contributed by atoms with Crippen LogP contribution in [0.25, 0.3) is 0 Å². The Morgan fingerprint density at radius 1 is 1.35 bits per heavy atom. The molecular formula is C17H24ClNO. The second-order valence-electron chi connectivity index (χ2n) is 6.11. The van der Waals surface area contributed by atoms with Gasteiger partial charge in [-0.25, -0.2) is 0 Å². The third kappa shape index (κ3) is 4.24. The van der Waals surface area contributed by atoms with Gasteiger partial charge in [0.05, 0.1) is 0 Å². The Morgan fingerprint density at radius 3 is 2.75 bits per heavy atom. The van der Waals surface area contributed by atoms with E-state index in [1.54, 1.807) is 0 Å². The number of carbonyl (C=O) groups is 1. The van der Waals surface area contributed by atoms with Crippen LogP contribution in [-0.2, 0) is 11.2 Å². The van der Waals surface area contributed by atoms with Crippen molar-refractivity contribution >= 4 is 17.5 Å². The van der Waals surface area contributed by atoms with Crippen LogP contribution in [0.15, 0.2) is 24.3 Å². The summed E-state index contributed by atoms with van der Waals surface area (Å²) in [5, 5.41) is 3.08. The molecule has 110 valence electrons. The summed E-state index contributed by atoms with van der Waals surface area (Å²) >= 11 is 6.09. The lowest BCUT2D eigenvalue weighted by molar-refractivity contribution is -0.121. The molecule has 0 heterocycles. The van der Waals surface area contributed by atoms with Crippen molar-refractivity contribution in [3.8, 4) is 0 Å². The van der Waals surface area contributed by atoms with Gasteiger partial charge in [0.25, 0.3) is 0 Å². The SMILES string of the molecule is Cc1cccc(CCC(=O)NCC2(CCl)CCCC2)c1. The molecule has 1 N–H and O–H groups in total. The quantitative estimate of drug-likeness (QED) is 0.793. The van der Waals surface area contributed by atoms with Crippen molar-refractivity contribution in [1.82, 2.24) is 5.32 Å². The number of hydrogen-bond acceptors (Lipinski definition) is 1. The van der Waals surface area contributed by atoms with Gasteiger partial charge in [-0.05, 0) is 31.7 Å². The summed E-state index contributed by atoms with van der Waals surface area (Å²) in [6.07, 6.45) is 6.14. The lowest BCUT2D eigenvalue weighted by atomic mass is 9.88. The third-order valence-corrected chi connectivity index (χ3v) is 4.90. The van der Waals surface area contributed by atoms with Gasteiger partial charge in [-0.3, -0.25) is 4.79 Å². The summed E-state index contributed by atoms with van der Waals surface area (Å²) in [7, 11) is 0. The number of alkyl halides is 1. The number of halogens is 1. The van der Waals surface area contributed by atoms with E-state index in [1.807, 2.05) is 6.07 Å². The van der Waals surface area contributed by atoms with Gasteiger partial charge in [-0.15, -0.1) is 11.6 Å². The molecule has 1 amide bonds. The van der Waals surface area contributed by atoms with Gasteiger partial charge in [0, 0.05) is 24.3 Å². The van der Waals surface area contributed by atoms with E-state index in [2.05, 4.69) is 30.4 Å². The predicted molar refractivity (Wildman–Crippen MR) is 84.1 cm³/mol. The van der Waals surface area contributed by atoms with E-state index in [4.69, 9.17) is 11.6 Å². The number of rotatable bonds is 6. The minimum absolute atomic E-state index is 0.142. The smallest absolute Gasteiger partial charge is 0.220 e. The van der Waals surface area contributed by atoms with E-state index < -0.39 is 0 Å². The Labute approximate surface area is 126 Å². The number of aryl methyl sites for hydroxylation is 2. The molecule has 0 radical (unpaired) electrons. The molecule has 2 nitrogen and oxygen atoms in total. The highest BCUT2D eigenvalue weighted by molar-refractivity contribution is 6.18. The van der Waals surface area contributed by atoms with Gasteiger partial charge in [0.2, 0.25) is 5.91 Å². The number of carbonyl (C=O) groups excluding carboxylic acids is 1. The first kappa shape index (κ1) is 15.4. The van der Waals surface area contributed by atoms with Gasteiger partial charge < -0.3 is 5.32 Å². The van der Waals surface area contributed by atoms with Crippen LogP contribution in [0, 0.1) is 12.3 Å². The van der Waals surface area contributed by atoms with Gasteiger partial charge in [-0.1, -0.05) is 42.7 Å². The van der Waals surface area contributed by atoms with E-state index in [1.165, 1.54) is 24.0 Å².